The van der Waals surface area contributed by atoms with E-state index in [0.717, 1.165) is 24.2 Å². The first-order valence-corrected chi connectivity index (χ1v) is 9.56. The number of carbonyl (C=O) groups is 1. The maximum absolute atomic E-state index is 13.0. The van der Waals surface area contributed by atoms with Gasteiger partial charge >= 0.3 is 0 Å². The number of likely N-dealkylation sites (N-methyl/N-ethyl adjacent to an activating group) is 1. The molecule has 23 heavy (non-hydrogen) atoms. The summed E-state index contributed by atoms with van der Waals surface area (Å²) in [6, 6.07) is 7.25. The summed E-state index contributed by atoms with van der Waals surface area (Å²) in [5, 5.41) is 0. The summed E-state index contributed by atoms with van der Waals surface area (Å²) in [4.78, 5) is 15.8. The molecule has 0 amide bonds. The van der Waals surface area contributed by atoms with Gasteiger partial charge in [0.2, 0.25) is 0 Å². The highest BCUT2D eigenvalue weighted by Crippen LogP contribution is 2.28. The van der Waals surface area contributed by atoms with Crippen LogP contribution in [0.3, 0.4) is 0 Å². The highest BCUT2D eigenvalue weighted by Gasteiger charge is 2.38. The fraction of sp³-hybridized carbons (Fsp3) is 0.526. The SMILES string of the molecule is C=CCC(CC)(C(=O)c1ccc([S+]([O-])CCCC)cc1)N(C)C. The van der Waals surface area contributed by atoms with Crippen molar-refractivity contribution in [3.63, 3.8) is 0 Å². The van der Waals surface area contributed by atoms with Crippen molar-refractivity contribution < 1.29 is 9.35 Å². The van der Waals surface area contributed by atoms with Crippen LogP contribution >= 0.6 is 0 Å². The molecule has 2 unspecified atom stereocenters. The van der Waals surface area contributed by atoms with Gasteiger partial charge < -0.3 is 4.55 Å². The number of Topliss-reactive ketones (excluding diaryl/α,β-unsaturated/α-hetero) is 1. The van der Waals surface area contributed by atoms with Gasteiger partial charge in [0.25, 0.3) is 0 Å². The van der Waals surface area contributed by atoms with Crippen molar-refractivity contribution in [2.75, 3.05) is 19.8 Å². The molecule has 128 valence electrons. The number of hydrogen-bond donors (Lipinski definition) is 0. The van der Waals surface area contributed by atoms with E-state index in [1.165, 1.54) is 0 Å². The van der Waals surface area contributed by atoms with E-state index in [-0.39, 0.29) is 5.78 Å². The fourth-order valence-electron chi connectivity index (χ4n) is 2.76. The molecule has 0 saturated carbocycles. The molecule has 0 fully saturated rings. The molecule has 1 aromatic rings. The van der Waals surface area contributed by atoms with Crippen molar-refractivity contribution in [2.24, 2.45) is 0 Å². The Morgan fingerprint density at radius 3 is 2.35 bits per heavy atom. The Kier molecular flexibility index (Phi) is 8.03. The third-order valence-corrected chi connectivity index (χ3v) is 5.87. The third kappa shape index (κ3) is 4.69. The number of carbonyl (C=O) groups excluding carboxylic acids is 1. The van der Waals surface area contributed by atoms with Gasteiger partial charge in [-0.1, -0.05) is 26.3 Å². The van der Waals surface area contributed by atoms with Gasteiger partial charge in [0, 0.05) is 5.56 Å². The second-order valence-electron chi connectivity index (χ2n) is 6.03. The van der Waals surface area contributed by atoms with Crippen molar-refractivity contribution in [3.05, 3.63) is 42.5 Å². The Bertz CT molecular complexity index is 513. The van der Waals surface area contributed by atoms with Crippen LogP contribution < -0.4 is 0 Å². The monoisotopic (exact) mass is 335 g/mol. The van der Waals surface area contributed by atoms with E-state index in [4.69, 9.17) is 0 Å². The zero-order chi connectivity index (χ0) is 17.5. The van der Waals surface area contributed by atoms with Gasteiger partial charge in [0.15, 0.2) is 10.7 Å². The minimum absolute atomic E-state index is 0.0933. The Morgan fingerprint density at radius 2 is 1.91 bits per heavy atom. The number of nitrogens with zero attached hydrogens (tertiary/aromatic N) is 1. The van der Waals surface area contributed by atoms with Crippen LogP contribution in [0.4, 0.5) is 0 Å². The zero-order valence-corrected chi connectivity index (χ0v) is 15.6. The van der Waals surface area contributed by atoms with E-state index in [9.17, 15) is 9.35 Å². The lowest BCUT2D eigenvalue weighted by molar-refractivity contribution is 0.0673. The molecular formula is C19H29NO2S. The highest BCUT2D eigenvalue weighted by molar-refractivity contribution is 7.91. The zero-order valence-electron chi connectivity index (χ0n) is 14.8. The fourth-order valence-corrected chi connectivity index (χ4v) is 3.98. The normalized spacial score (nSPS) is 15.2. The van der Waals surface area contributed by atoms with Crippen LogP contribution in [0.5, 0.6) is 0 Å². The summed E-state index contributed by atoms with van der Waals surface area (Å²) in [5.74, 6) is 0.771. The summed E-state index contributed by atoms with van der Waals surface area (Å²) >= 11 is -0.978. The van der Waals surface area contributed by atoms with Gasteiger partial charge in [-0.05, 0) is 68.8 Å². The minimum atomic E-state index is -0.978. The van der Waals surface area contributed by atoms with E-state index in [1.54, 1.807) is 18.2 Å². The van der Waals surface area contributed by atoms with Gasteiger partial charge in [-0.3, -0.25) is 9.69 Å². The molecule has 0 bridgehead atoms. The van der Waals surface area contributed by atoms with Gasteiger partial charge in [-0.2, -0.15) is 0 Å². The van der Waals surface area contributed by atoms with Crippen LogP contribution in [0.2, 0.25) is 0 Å². The molecule has 3 nitrogen and oxygen atoms in total. The van der Waals surface area contributed by atoms with Crippen LogP contribution in [-0.4, -0.2) is 40.6 Å². The second-order valence-corrected chi connectivity index (χ2v) is 7.60. The summed E-state index contributed by atoms with van der Waals surface area (Å²) in [6.07, 6.45) is 5.11. The Balaban J connectivity index is 3.01. The molecule has 0 aliphatic heterocycles. The lowest BCUT2D eigenvalue weighted by atomic mass is 9.82. The van der Waals surface area contributed by atoms with Crippen molar-refractivity contribution >= 4 is 17.0 Å². The number of benzene rings is 1. The van der Waals surface area contributed by atoms with E-state index < -0.39 is 16.7 Å². The average molecular weight is 336 g/mol. The van der Waals surface area contributed by atoms with Crippen LogP contribution in [0.25, 0.3) is 0 Å². The first-order valence-electron chi connectivity index (χ1n) is 8.24. The predicted molar refractivity (Wildman–Crippen MR) is 98.5 cm³/mol. The standard InChI is InChI=1S/C19H29NO2S/c1-6-9-15-23(22)17-12-10-16(11-13-17)18(21)19(8-3,14-7-2)20(4)5/h7,10-13H,2,6,8-9,14-15H2,1,3-5H3. The second kappa shape index (κ2) is 9.26. The number of ketones is 1. The van der Waals surface area contributed by atoms with Crippen LogP contribution in [0.15, 0.2) is 41.8 Å². The molecule has 0 aliphatic rings. The van der Waals surface area contributed by atoms with E-state index >= 15 is 0 Å². The minimum Gasteiger partial charge on any atom is -0.611 e. The van der Waals surface area contributed by atoms with Gasteiger partial charge in [-0.15, -0.1) is 6.58 Å². The molecule has 0 spiro atoms. The Morgan fingerprint density at radius 1 is 1.30 bits per heavy atom. The molecule has 1 rings (SSSR count). The van der Waals surface area contributed by atoms with Crippen LogP contribution in [-0.2, 0) is 11.2 Å². The highest BCUT2D eigenvalue weighted by atomic mass is 32.2. The van der Waals surface area contributed by atoms with Crippen molar-refractivity contribution in [2.45, 2.75) is 50.0 Å². The summed E-state index contributed by atoms with van der Waals surface area (Å²) in [7, 11) is 3.86. The molecule has 0 aromatic heterocycles. The number of hydrogen-bond acceptors (Lipinski definition) is 3. The van der Waals surface area contributed by atoms with Crippen molar-refractivity contribution in [3.8, 4) is 0 Å². The van der Waals surface area contributed by atoms with Gasteiger partial charge in [0.05, 0.1) is 5.54 Å². The van der Waals surface area contributed by atoms with E-state index in [0.29, 0.717) is 17.7 Å². The van der Waals surface area contributed by atoms with Crippen LogP contribution in [0.1, 0.15) is 49.9 Å². The largest absolute Gasteiger partial charge is 0.611 e. The molecule has 0 aliphatic carbocycles. The van der Waals surface area contributed by atoms with Gasteiger partial charge in [-0.25, -0.2) is 0 Å². The lowest BCUT2D eigenvalue weighted by Crippen LogP contribution is -2.50. The topological polar surface area (TPSA) is 43.4 Å². The third-order valence-electron chi connectivity index (χ3n) is 4.41. The first kappa shape index (κ1) is 19.9. The number of rotatable bonds is 10. The van der Waals surface area contributed by atoms with Gasteiger partial charge in [0.1, 0.15) is 5.75 Å². The predicted octanol–water partition coefficient (Wildman–Crippen LogP) is 4.06. The Labute approximate surface area is 144 Å². The molecule has 1 aromatic carbocycles. The maximum atomic E-state index is 13.0. The average Bonchev–Trinajstić information content (AvgIpc) is 2.56. The summed E-state index contributed by atoms with van der Waals surface area (Å²) in [6.45, 7) is 7.91. The van der Waals surface area contributed by atoms with Crippen molar-refractivity contribution in [1.29, 1.82) is 0 Å². The molecule has 0 radical (unpaired) electrons. The molecular weight excluding hydrogens is 306 g/mol. The Hall–Kier alpha value is -1.10. The quantitative estimate of drug-likeness (QED) is 0.368. The molecule has 0 heterocycles. The summed E-state index contributed by atoms with van der Waals surface area (Å²) < 4.78 is 12.2. The number of unbranched alkanes of at least 4 members (excludes halogenated alkanes) is 1. The maximum Gasteiger partial charge on any atom is 0.183 e. The summed E-state index contributed by atoms with van der Waals surface area (Å²) in [5.41, 5.74) is 0.101. The molecule has 2 atom stereocenters. The molecule has 0 saturated heterocycles. The van der Waals surface area contributed by atoms with E-state index in [2.05, 4.69) is 13.5 Å². The van der Waals surface area contributed by atoms with E-state index in [1.807, 2.05) is 38.1 Å². The smallest absolute Gasteiger partial charge is 0.183 e. The van der Waals surface area contributed by atoms with Crippen LogP contribution in [0, 0.1) is 0 Å². The lowest BCUT2D eigenvalue weighted by Gasteiger charge is -2.37. The first-order chi connectivity index (χ1) is 10.9. The molecule has 0 N–H and O–H groups in total. The van der Waals surface area contributed by atoms with Crippen molar-refractivity contribution in [1.82, 2.24) is 4.90 Å². The molecule has 4 heteroatoms.